The van der Waals surface area contributed by atoms with Crippen molar-refractivity contribution in [2.75, 3.05) is 11.5 Å². The predicted molar refractivity (Wildman–Crippen MR) is 73.9 cm³/mol. The Morgan fingerprint density at radius 2 is 1.85 bits per heavy atom. The zero-order valence-corrected chi connectivity index (χ0v) is 11.0. The summed E-state index contributed by atoms with van der Waals surface area (Å²) >= 11 is 0. The van der Waals surface area contributed by atoms with Gasteiger partial charge in [-0.15, -0.1) is 0 Å². The number of unbranched alkanes of at least 4 members (excludes halogenated alkanes) is 1. The van der Waals surface area contributed by atoms with Crippen molar-refractivity contribution in [1.82, 2.24) is 24.5 Å². The summed E-state index contributed by atoms with van der Waals surface area (Å²) in [7, 11) is 0. The number of rotatable bonds is 4. The molecule has 0 amide bonds. The molecule has 106 valence electrons. The molecule has 0 saturated carbocycles. The molecule has 9 heteroatoms. The average molecular weight is 277 g/mol. The van der Waals surface area contributed by atoms with E-state index in [0.717, 1.165) is 12.8 Å². The molecule has 2 rings (SSSR count). The van der Waals surface area contributed by atoms with Crippen LogP contribution in [0.1, 0.15) is 19.8 Å². The van der Waals surface area contributed by atoms with E-state index in [4.69, 9.17) is 11.5 Å². The molecule has 0 unspecified atom stereocenters. The fourth-order valence-electron chi connectivity index (χ4n) is 1.69. The lowest BCUT2D eigenvalue weighted by Gasteiger charge is -2.06. The first-order valence-electron chi connectivity index (χ1n) is 6.12. The molecule has 0 atom stereocenters. The van der Waals surface area contributed by atoms with Crippen LogP contribution in [0.15, 0.2) is 15.8 Å². The number of nitrogen functional groups attached to an aromatic ring is 2. The van der Waals surface area contributed by atoms with Crippen LogP contribution >= 0.6 is 0 Å². The number of hydrogen-bond acceptors (Lipinski definition) is 7. The van der Waals surface area contributed by atoms with Crippen LogP contribution < -0.4 is 22.7 Å². The van der Waals surface area contributed by atoms with Gasteiger partial charge in [0.15, 0.2) is 5.82 Å². The number of nitrogens with one attached hydrogen (secondary N) is 1. The zero-order valence-electron chi connectivity index (χ0n) is 11.0. The first-order chi connectivity index (χ1) is 9.51. The van der Waals surface area contributed by atoms with Gasteiger partial charge in [0.25, 0.3) is 5.56 Å². The van der Waals surface area contributed by atoms with Gasteiger partial charge < -0.3 is 11.5 Å². The monoisotopic (exact) mass is 277 g/mol. The van der Waals surface area contributed by atoms with Gasteiger partial charge in [-0.2, -0.15) is 15.0 Å². The highest BCUT2D eigenvalue weighted by Crippen LogP contribution is 2.10. The van der Waals surface area contributed by atoms with E-state index in [1.165, 1.54) is 10.8 Å². The van der Waals surface area contributed by atoms with E-state index >= 15 is 0 Å². The van der Waals surface area contributed by atoms with Crippen molar-refractivity contribution >= 4 is 11.9 Å². The van der Waals surface area contributed by atoms with Gasteiger partial charge in [0.2, 0.25) is 11.9 Å². The quantitative estimate of drug-likeness (QED) is 0.673. The lowest BCUT2D eigenvalue weighted by molar-refractivity contribution is 0.597. The van der Waals surface area contributed by atoms with Crippen LogP contribution in [-0.2, 0) is 6.54 Å². The second kappa shape index (κ2) is 5.51. The SMILES string of the molecule is CCCCn1cc(-c2nc(N)nc(N)n2)c(=O)[nH]c1=O. The summed E-state index contributed by atoms with van der Waals surface area (Å²) in [5.41, 5.74) is 10.0. The van der Waals surface area contributed by atoms with Crippen LogP contribution in [0.5, 0.6) is 0 Å². The molecule has 0 spiro atoms. The molecule has 0 aromatic carbocycles. The van der Waals surface area contributed by atoms with Crippen molar-refractivity contribution in [3.63, 3.8) is 0 Å². The highest BCUT2D eigenvalue weighted by molar-refractivity contribution is 5.54. The van der Waals surface area contributed by atoms with Crippen molar-refractivity contribution in [1.29, 1.82) is 0 Å². The molecule has 0 bridgehead atoms. The van der Waals surface area contributed by atoms with E-state index in [-0.39, 0.29) is 23.3 Å². The van der Waals surface area contributed by atoms with Crippen molar-refractivity contribution in [2.24, 2.45) is 0 Å². The van der Waals surface area contributed by atoms with Gasteiger partial charge in [-0.1, -0.05) is 13.3 Å². The molecule has 2 aromatic heterocycles. The normalized spacial score (nSPS) is 10.7. The van der Waals surface area contributed by atoms with Gasteiger partial charge in [-0.05, 0) is 6.42 Å². The summed E-state index contributed by atoms with van der Waals surface area (Å²) in [6.07, 6.45) is 3.14. The molecule has 2 heterocycles. The Morgan fingerprint density at radius 1 is 1.20 bits per heavy atom. The van der Waals surface area contributed by atoms with E-state index in [1.807, 2.05) is 6.92 Å². The van der Waals surface area contributed by atoms with Gasteiger partial charge in [-0.25, -0.2) is 4.79 Å². The first-order valence-corrected chi connectivity index (χ1v) is 6.12. The summed E-state index contributed by atoms with van der Waals surface area (Å²) in [6, 6.07) is 0. The summed E-state index contributed by atoms with van der Waals surface area (Å²) in [6.45, 7) is 2.50. The summed E-state index contributed by atoms with van der Waals surface area (Å²) < 4.78 is 1.40. The number of H-pyrrole nitrogens is 1. The zero-order chi connectivity index (χ0) is 14.7. The fraction of sp³-hybridized carbons (Fsp3) is 0.364. The Bertz CT molecular complexity index is 714. The molecular weight excluding hydrogens is 262 g/mol. The Balaban J connectivity index is 2.55. The molecule has 0 fully saturated rings. The van der Waals surface area contributed by atoms with Crippen molar-refractivity contribution in [3.8, 4) is 11.4 Å². The number of hydrogen-bond donors (Lipinski definition) is 3. The van der Waals surface area contributed by atoms with Crippen LogP contribution in [-0.4, -0.2) is 24.5 Å². The number of nitrogens with two attached hydrogens (primary N) is 2. The van der Waals surface area contributed by atoms with Crippen molar-refractivity contribution in [2.45, 2.75) is 26.3 Å². The minimum atomic E-state index is -0.590. The standard InChI is InChI=1S/C11H15N7O2/c1-2-3-4-18-5-6(8(19)16-11(18)20)7-14-9(12)17-10(13)15-7/h5H,2-4H2,1H3,(H,16,19,20)(H4,12,13,14,15,17). The van der Waals surface area contributed by atoms with Crippen LogP contribution in [0.2, 0.25) is 0 Å². The summed E-state index contributed by atoms with van der Waals surface area (Å²) in [5, 5.41) is 0. The average Bonchev–Trinajstić information content (AvgIpc) is 2.36. The lowest BCUT2D eigenvalue weighted by atomic mass is 10.3. The lowest BCUT2D eigenvalue weighted by Crippen LogP contribution is -2.31. The molecule has 20 heavy (non-hydrogen) atoms. The molecule has 0 aliphatic carbocycles. The summed E-state index contributed by atoms with van der Waals surface area (Å²) in [5.74, 6) is -0.127. The van der Waals surface area contributed by atoms with E-state index in [2.05, 4.69) is 19.9 Å². The number of nitrogens with zero attached hydrogens (tertiary/aromatic N) is 4. The molecule has 0 aliphatic rings. The Kier molecular flexibility index (Phi) is 3.78. The first kappa shape index (κ1) is 13.7. The van der Waals surface area contributed by atoms with Gasteiger partial charge in [0.05, 0.1) is 0 Å². The molecular formula is C11H15N7O2. The molecule has 0 aliphatic heterocycles. The summed E-state index contributed by atoms with van der Waals surface area (Å²) in [4.78, 5) is 37.1. The maximum atomic E-state index is 11.8. The number of anilines is 2. The molecule has 2 aromatic rings. The van der Waals surface area contributed by atoms with E-state index in [0.29, 0.717) is 6.54 Å². The second-order valence-corrected chi connectivity index (χ2v) is 4.22. The minimum absolute atomic E-state index is 0.0431. The van der Waals surface area contributed by atoms with E-state index in [9.17, 15) is 9.59 Å². The number of aromatic nitrogens is 5. The number of aryl methyl sites for hydroxylation is 1. The number of aromatic amines is 1. The Labute approximate surface area is 113 Å². The van der Waals surface area contributed by atoms with Crippen LogP contribution in [0.3, 0.4) is 0 Å². The fourth-order valence-corrected chi connectivity index (χ4v) is 1.69. The van der Waals surface area contributed by atoms with Crippen LogP contribution in [0, 0.1) is 0 Å². The largest absolute Gasteiger partial charge is 0.368 e. The second-order valence-electron chi connectivity index (χ2n) is 4.22. The topological polar surface area (TPSA) is 146 Å². The molecule has 0 saturated heterocycles. The van der Waals surface area contributed by atoms with Gasteiger partial charge in [0.1, 0.15) is 5.56 Å². The maximum Gasteiger partial charge on any atom is 0.328 e. The highest BCUT2D eigenvalue weighted by atomic mass is 16.2. The highest BCUT2D eigenvalue weighted by Gasteiger charge is 2.11. The third-order valence-electron chi connectivity index (χ3n) is 2.67. The van der Waals surface area contributed by atoms with Crippen LogP contribution in [0.4, 0.5) is 11.9 Å². The van der Waals surface area contributed by atoms with E-state index in [1.54, 1.807) is 0 Å². The smallest absolute Gasteiger partial charge is 0.328 e. The molecule has 0 radical (unpaired) electrons. The van der Waals surface area contributed by atoms with Crippen molar-refractivity contribution < 1.29 is 0 Å². The predicted octanol–water partition coefficient (Wildman–Crippen LogP) is -0.647. The molecule has 9 nitrogen and oxygen atoms in total. The maximum absolute atomic E-state index is 11.8. The van der Waals surface area contributed by atoms with Crippen LogP contribution in [0.25, 0.3) is 11.4 Å². The Hall–Kier alpha value is -2.71. The van der Waals surface area contributed by atoms with Gasteiger partial charge >= 0.3 is 5.69 Å². The molecule has 5 N–H and O–H groups in total. The van der Waals surface area contributed by atoms with Gasteiger partial charge in [-0.3, -0.25) is 14.3 Å². The van der Waals surface area contributed by atoms with Gasteiger partial charge in [0, 0.05) is 12.7 Å². The minimum Gasteiger partial charge on any atom is -0.368 e. The Morgan fingerprint density at radius 3 is 2.45 bits per heavy atom. The third kappa shape index (κ3) is 2.82. The van der Waals surface area contributed by atoms with E-state index < -0.39 is 11.2 Å². The third-order valence-corrected chi connectivity index (χ3v) is 2.67. The van der Waals surface area contributed by atoms with Crippen molar-refractivity contribution in [3.05, 3.63) is 27.0 Å².